The number of carbonyl (C=O) groups excluding carboxylic acids is 1. The molecule has 0 saturated heterocycles. The fourth-order valence-corrected chi connectivity index (χ4v) is 4.33. The molecule has 5 nitrogen and oxygen atoms in total. The van der Waals surface area contributed by atoms with Gasteiger partial charge in [0.15, 0.2) is 0 Å². The second-order valence-corrected chi connectivity index (χ2v) is 6.92. The molecule has 0 aromatic heterocycles. The third-order valence-corrected chi connectivity index (χ3v) is 5.56. The van der Waals surface area contributed by atoms with Gasteiger partial charge in [-0.2, -0.15) is 0 Å². The highest BCUT2D eigenvalue weighted by atomic mass is 16.5. The fraction of sp³-hybridized carbons (Fsp3) is 0.579. The molecular weight excluding hydrogens is 306 g/mol. The van der Waals surface area contributed by atoms with Crippen LogP contribution in [0.25, 0.3) is 0 Å². The lowest BCUT2D eigenvalue weighted by Gasteiger charge is -2.54. The van der Waals surface area contributed by atoms with Gasteiger partial charge in [0.25, 0.3) is 0 Å². The first-order valence-corrected chi connectivity index (χ1v) is 8.78. The standard InChI is InChI=1S/C19H25NO4/c1-2-24-16-12-15(19(16)8-3-4-9-19)20-17(21)11-13-6-5-7-14(10-13)18(22)23/h5-7,10,15-16H,2-4,8-9,11-12H2,1H3,(H,20,21)(H,22,23). The summed E-state index contributed by atoms with van der Waals surface area (Å²) in [4.78, 5) is 23.4. The van der Waals surface area contributed by atoms with Gasteiger partial charge in [-0.15, -0.1) is 0 Å². The summed E-state index contributed by atoms with van der Waals surface area (Å²) in [6, 6.07) is 6.76. The van der Waals surface area contributed by atoms with E-state index in [1.165, 1.54) is 18.9 Å². The Hall–Kier alpha value is -1.88. The first-order chi connectivity index (χ1) is 11.5. The van der Waals surface area contributed by atoms with Crippen molar-refractivity contribution in [1.82, 2.24) is 5.32 Å². The molecule has 2 saturated carbocycles. The van der Waals surface area contributed by atoms with E-state index in [1.807, 2.05) is 6.92 Å². The van der Waals surface area contributed by atoms with E-state index >= 15 is 0 Å². The Kier molecular flexibility index (Phi) is 4.90. The molecule has 2 atom stereocenters. The van der Waals surface area contributed by atoms with Crippen LogP contribution in [0.3, 0.4) is 0 Å². The number of ether oxygens (including phenoxy) is 1. The maximum absolute atomic E-state index is 12.4. The van der Waals surface area contributed by atoms with Gasteiger partial charge in [-0.25, -0.2) is 4.79 Å². The van der Waals surface area contributed by atoms with Gasteiger partial charge in [0.2, 0.25) is 5.91 Å². The molecular formula is C19H25NO4. The lowest BCUT2D eigenvalue weighted by Crippen LogP contribution is -2.63. The average Bonchev–Trinajstić information content (AvgIpc) is 3.07. The lowest BCUT2D eigenvalue weighted by molar-refractivity contribution is -0.143. The maximum atomic E-state index is 12.4. The van der Waals surface area contributed by atoms with E-state index in [-0.39, 0.29) is 35.5 Å². The van der Waals surface area contributed by atoms with Crippen LogP contribution in [0.5, 0.6) is 0 Å². The van der Waals surface area contributed by atoms with Crippen molar-refractivity contribution < 1.29 is 19.4 Å². The van der Waals surface area contributed by atoms with Gasteiger partial charge in [0.1, 0.15) is 0 Å². The number of benzene rings is 1. The molecule has 2 fully saturated rings. The minimum Gasteiger partial charge on any atom is -0.478 e. The van der Waals surface area contributed by atoms with Crippen LogP contribution in [0.15, 0.2) is 24.3 Å². The fourth-order valence-electron chi connectivity index (χ4n) is 4.33. The summed E-state index contributed by atoms with van der Waals surface area (Å²) in [6.07, 6.45) is 6.02. The number of aromatic carboxylic acids is 1. The minimum atomic E-state index is -0.972. The molecule has 0 radical (unpaired) electrons. The number of hydrogen-bond acceptors (Lipinski definition) is 3. The third-order valence-electron chi connectivity index (χ3n) is 5.56. The van der Waals surface area contributed by atoms with Gasteiger partial charge in [-0.05, 0) is 43.9 Å². The molecule has 1 amide bonds. The average molecular weight is 331 g/mol. The molecule has 2 N–H and O–H groups in total. The molecule has 3 rings (SSSR count). The van der Waals surface area contributed by atoms with Crippen LogP contribution in [0.4, 0.5) is 0 Å². The molecule has 1 spiro atoms. The van der Waals surface area contributed by atoms with Gasteiger partial charge in [0.05, 0.1) is 18.1 Å². The van der Waals surface area contributed by atoms with E-state index in [9.17, 15) is 9.59 Å². The number of carboxylic acid groups (broad SMARTS) is 1. The normalized spacial score (nSPS) is 24.5. The summed E-state index contributed by atoms with van der Waals surface area (Å²) in [7, 11) is 0. The molecule has 5 heteroatoms. The van der Waals surface area contributed by atoms with Crippen molar-refractivity contribution in [2.75, 3.05) is 6.61 Å². The van der Waals surface area contributed by atoms with E-state index in [4.69, 9.17) is 9.84 Å². The van der Waals surface area contributed by atoms with Crippen LogP contribution in [-0.4, -0.2) is 35.7 Å². The molecule has 1 aromatic carbocycles. The van der Waals surface area contributed by atoms with Crippen LogP contribution >= 0.6 is 0 Å². The van der Waals surface area contributed by atoms with E-state index in [0.29, 0.717) is 0 Å². The summed E-state index contributed by atoms with van der Waals surface area (Å²) >= 11 is 0. The van der Waals surface area contributed by atoms with Crippen LogP contribution in [0.2, 0.25) is 0 Å². The number of rotatable bonds is 6. The first kappa shape index (κ1) is 17.0. The Morgan fingerprint density at radius 1 is 1.33 bits per heavy atom. The predicted molar refractivity (Wildman–Crippen MR) is 90.0 cm³/mol. The Bertz CT molecular complexity index is 622. The topological polar surface area (TPSA) is 75.6 Å². The van der Waals surface area contributed by atoms with Crippen molar-refractivity contribution >= 4 is 11.9 Å². The minimum absolute atomic E-state index is 0.0382. The monoisotopic (exact) mass is 331 g/mol. The molecule has 2 unspecified atom stereocenters. The Morgan fingerprint density at radius 2 is 2.08 bits per heavy atom. The summed E-state index contributed by atoms with van der Waals surface area (Å²) in [6.45, 7) is 2.74. The molecule has 2 aliphatic rings. The van der Waals surface area contributed by atoms with Crippen LogP contribution in [0.1, 0.15) is 54.9 Å². The van der Waals surface area contributed by atoms with Crippen molar-refractivity contribution in [2.45, 2.75) is 57.6 Å². The quantitative estimate of drug-likeness (QED) is 0.840. The molecule has 130 valence electrons. The van der Waals surface area contributed by atoms with Crippen LogP contribution in [-0.2, 0) is 16.0 Å². The van der Waals surface area contributed by atoms with Crippen molar-refractivity contribution in [3.8, 4) is 0 Å². The summed E-state index contributed by atoms with van der Waals surface area (Å²) < 4.78 is 5.87. The zero-order chi connectivity index (χ0) is 17.2. The largest absolute Gasteiger partial charge is 0.478 e. The van der Waals surface area contributed by atoms with Gasteiger partial charge < -0.3 is 15.2 Å². The van der Waals surface area contributed by atoms with E-state index < -0.39 is 5.97 Å². The summed E-state index contributed by atoms with van der Waals surface area (Å²) in [5.41, 5.74) is 1.07. The highest BCUT2D eigenvalue weighted by molar-refractivity contribution is 5.88. The maximum Gasteiger partial charge on any atom is 0.335 e. The predicted octanol–water partition coefficient (Wildman–Crippen LogP) is 2.78. The number of carbonyl (C=O) groups is 2. The number of carboxylic acids is 1. The molecule has 2 aliphatic carbocycles. The van der Waals surface area contributed by atoms with Gasteiger partial charge >= 0.3 is 5.97 Å². The number of nitrogens with one attached hydrogen (secondary N) is 1. The summed E-state index contributed by atoms with van der Waals surface area (Å²) in [5, 5.41) is 12.2. The smallest absolute Gasteiger partial charge is 0.335 e. The van der Waals surface area contributed by atoms with Crippen LogP contribution < -0.4 is 5.32 Å². The SMILES string of the molecule is CCOC1CC(NC(=O)Cc2cccc(C(=O)O)c2)C12CCCC2. The zero-order valence-corrected chi connectivity index (χ0v) is 14.1. The first-order valence-electron chi connectivity index (χ1n) is 8.78. The molecule has 0 heterocycles. The van der Waals surface area contributed by atoms with Gasteiger partial charge in [-0.3, -0.25) is 4.79 Å². The van der Waals surface area contributed by atoms with Gasteiger partial charge in [0, 0.05) is 18.1 Å². The summed E-state index contributed by atoms with van der Waals surface area (Å²) in [5.74, 6) is -1.01. The zero-order valence-electron chi connectivity index (χ0n) is 14.1. The second kappa shape index (κ2) is 6.93. The van der Waals surface area contributed by atoms with Gasteiger partial charge in [-0.1, -0.05) is 25.0 Å². The van der Waals surface area contributed by atoms with E-state index in [1.54, 1.807) is 18.2 Å². The number of hydrogen-bond donors (Lipinski definition) is 2. The van der Waals surface area contributed by atoms with E-state index in [2.05, 4.69) is 5.32 Å². The molecule has 1 aromatic rings. The Labute approximate surface area is 142 Å². The lowest BCUT2D eigenvalue weighted by atomic mass is 9.60. The highest BCUT2D eigenvalue weighted by Gasteiger charge is 2.57. The van der Waals surface area contributed by atoms with Crippen molar-refractivity contribution in [2.24, 2.45) is 5.41 Å². The van der Waals surface area contributed by atoms with Crippen LogP contribution in [0, 0.1) is 5.41 Å². The van der Waals surface area contributed by atoms with Crippen molar-refractivity contribution in [3.63, 3.8) is 0 Å². The molecule has 24 heavy (non-hydrogen) atoms. The molecule has 0 bridgehead atoms. The Balaban J connectivity index is 1.61. The molecule has 0 aliphatic heterocycles. The second-order valence-electron chi connectivity index (χ2n) is 6.92. The third kappa shape index (κ3) is 3.18. The van der Waals surface area contributed by atoms with E-state index in [0.717, 1.165) is 31.4 Å². The van der Waals surface area contributed by atoms with Crippen molar-refractivity contribution in [1.29, 1.82) is 0 Å². The number of amides is 1. The Morgan fingerprint density at radius 3 is 2.75 bits per heavy atom. The van der Waals surface area contributed by atoms with Crippen molar-refractivity contribution in [3.05, 3.63) is 35.4 Å². The highest BCUT2D eigenvalue weighted by Crippen LogP contribution is 2.54.